The van der Waals surface area contributed by atoms with E-state index in [1.54, 1.807) is 12.1 Å². The normalized spacial score (nSPS) is 11.3. The van der Waals surface area contributed by atoms with Gasteiger partial charge in [-0.05, 0) is 48.0 Å². The number of halogens is 5. The lowest BCUT2D eigenvalue weighted by Crippen LogP contribution is -2.25. The van der Waals surface area contributed by atoms with Crippen LogP contribution in [0.2, 0.25) is 10.0 Å². The molecule has 5 nitrogen and oxygen atoms in total. The number of rotatable bonds is 6. The van der Waals surface area contributed by atoms with Gasteiger partial charge in [0.15, 0.2) is 4.90 Å². The lowest BCUT2D eigenvalue weighted by molar-refractivity contribution is 0.0952. The van der Waals surface area contributed by atoms with Crippen LogP contribution in [0, 0.1) is 11.6 Å². The van der Waals surface area contributed by atoms with Gasteiger partial charge in [0.2, 0.25) is 0 Å². The molecule has 162 valence electrons. The predicted octanol–water partition coefficient (Wildman–Crippen LogP) is 5.76. The standard InChI is InChI=1S/C20H13BrCl2F2N2O3S/c21-12-5-7-14(20(28)26-10-11-4-6-13(22)9-15(11)23)18(8-12)27-31(29,30)19-16(24)2-1-3-17(19)25/h1-9,27H,10H2,(H,26,28). The summed E-state index contributed by atoms with van der Waals surface area (Å²) in [5.74, 6) is -3.15. The first-order valence-corrected chi connectivity index (χ1v) is 11.6. The Kier molecular flexibility index (Phi) is 7.20. The number of hydrogen-bond acceptors (Lipinski definition) is 3. The summed E-state index contributed by atoms with van der Waals surface area (Å²) in [4.78, 5) is 11.6. The van der Waals surface area contributed by atoms with Gasteiger partial charge in [-0.25, -0.2) is 17.2 Å². The van der Waals surface area contributed by atoms with Gasteiger partial charge in [-0.1, -0.05) is 51.3 Å². The quantitative estimate of drug-likeness (QED) is 0.410. The Morgan fingerprint density at radius 3 is 2.32 bits per heavy atom. The molecule has 0 radical (unpaired) electrons. The third kappa shape index (κ3) is 5.54. The SMILES string of the molecule is O=C(NCc1ccc(Cl)cc1Cl)c1ccc(Br)cc1NS(=O)(=O)c1c(F)cccc1F. The number of hydrogen-bond donors (Lipinski definition) is 2. The molecule has 3 aromatic rings. The van der Waals surface area contributed by atoms with E-state index in [4.69, 9.17) is 23.2 Å². The fraction of sp³-hybridized carbons (Fsp3) is 0.0500. The number of amides is 1. The Hall–Kier alpha value is -2.20. The highest BCUT2D eigenvalue weighted by atomic mass is 79.9. The van der Waals surface area contributed by atoms with E-state index in [-0.39, 0.29) is 17.8 Å². The minimum Gasteiger partial charge on any atom is -0.348 e. The van der Waals surface area contributed by atoms with Gasteiger partial charge in [-0.15, -0.1) is 0 Å². The van der Waals surface area contributed by atoms with Crippen LogP contribution in [0.3, 0.4) is 0 Å². The fourth-order valence-corrected chi connectivity index (χ4v) is 4.72. The van der Waals surface area contributed by atoms with Gasteiger partial charge in [0.05, 0.1) is 11.3 Å². The van der Waals surface area contributed by atoms with E-state index in [0.29, 0.717) is 20.1 Å². The number of sulfonamides is 1. The molecule has 0 aliphatic rings. The molecule has 0 aliphatic carbocycles. The van der Waals surface area contributed by atoms with Crippen LogP contribution in [0.5, 0.6) is 0 Å². The summed E-state index contributed by atoms with van der Waals surface area (Å²) < 4.78 is 55.7. The first kappa shape index (κ1) is 23.5. The summed E-state index contributed by atoms with van der Waals surface area (Å²) in [5, 5.41) is 3.40. The molecule has 11 heteroatoms. The third-order valence-corrected chi connectivity index (χ3v) is 6.61. The minimum absolute atomic E-state index is 0.0407. The van der Waals surface area contributed by atoms with Crippen molar-refractivity contribution in [3.8, 4) is 0 Å². The zero-order valence-corrected chi connectivity index (χ0v) is 19.3. The highest BCUT2D eigenvalue weighted by Crippen LogP contribution is 2.27. The van der Waals surface area contributed by atoms with Gasteiger partial charge in [-0.2, -0.15) is 0 Å². The van der Waals surface area contributed by atoms with E-state index >= 15 is 0 Å². The number of anilines is 1. The molecule has 0 saturated heterocycles. The van der Waals surface area contributed by atoms with Crippen LogP contribution in [0.15, 0.2) is 64.0 Å². The average Bonchev–Trinajstić information content (AvgIpc) is 2.66. The summed E-state index contributed by atoms with van der Waals surface area (Å²) in [6, 6.07) is 11.6. The second-order valence-corrected chi connectivity index (χ2v) is 9.64. The van der Waals surface area contributed by atoms with E-state index in [0.717, 1.165) is 18.2 Å². The molecule has 0 atom stereocenters. The first-order chi connectivity index (χ1) is 14.6. The summed E-state index contributed by atoms with van der Waals surface area (Å²) in [6.07, 6.45) is 0. The Labute approximate surface area is 195 Å². The van der Waals surface area contributed by atoms with Crippen LogP contribution in [0.4, 0.5) is 14.5 Å². The molecule has 0 bridgehead atoms. The molecule has 3 rings (SSSR count). The van der Waals surface area contributed by atoms with Crippen LogP contribution in [0.25, 0.3) is 0 Å². The second-order valence-electron chi connectivity index (χ2n) is 6.26. The Morgan fingerprint density at radius 2 is 1.68 bits per heavy atom. The molecular formula is C20H13BrCl2F2N2O3S. The Morgan fingerprint density at radius 1 is 1.00 bits per heavy atom. The van der Waals surface area contributed by atoms with E-state index in [1.807, 2.05) is 0 Å². The van der Waals surface area contributed by atoms with Crippen molar-refractivity contribution in [1.82, 2.24) is 5.32 Å². The van der Waals surface area contributed by atoms with Gasteiger partial charge < -0.3 is 5.32 Å². The van der Waals surface area contributed by atoms with E-state index in [9.17, 15) is 22.0 Å². The van der Waals surface area contributed by atoms with Gasteiger partial charge in [0.25, 0.3) is 15.9 Å². The predicted molar refractivity (Wildman–Crippen MR) is 119 cm³/mol. The monoisotopic (exact) mass is 548 g/mol. The number of carbonyl (C=O) groups excluding carboxylic acids is 1. The molecule has 0 unspecified atom stereocenters. The largest absolute Gasteiger partial charge is 0.348 e. The highest BCUT2D eigenvalue weighted by molar-refractivity contribution is 9.10. The van der Waals surface area contributed by atoms with Crippen LogP contribution in [0.1, 0.15) is 15.9 Å². The molecular weight excluding hydrogens is 537 g/mol. The molecule has 1 amide bonds. The van der Waals surface area contributed by atoms with Crippen molar-refractivity contribution in [2.24, 2.45) is 0 Å². The van der Waals surface area contributed by atoms with Crippen molar-refractivity contribution >= 4 is 60.7 Å². The van der Waals surface area contributed by atoms with E-state index in [1.165, 1.54) is 24.3 Å². The summed E-state index contributed by atoms with van der Waals surface area (Å²) in [6.45, 7) is 0.0407. The molecule has 0 aromatic heterocycles. The molecule has 0 saturated carbocycles. The average molecular weight is 550 g/mol. The smallest absolute Gasteiger partial charge is 0.267 e. The minimum atomic E-state index is -4.66. The van der Waals surface area contributed by atoms with Gasteiger partial charge in [0, 0.05) is 21.1 Å². The van der Waals surface area contributed by atoms with Crippen LogP contribution in [-0.2, 0) is 16.6 Å². The summed E-state index contributed by atoms with van der Waals surface area (Å²) in [5.41, 5.74) is 0.359. The molecule has 2 N–H and O–H groups in total. The van der Waals surface area contributed by atoms with Crippen molar-refractivity contribution in [1.29, 1.82) is 0 Å². The van der Waals surface area contributed by atoms with Crippen LogP contribution < -0.4 is 10.0 Å². The Balaban J connectivity index is 1.89. The van der Waals surface area contributed by atoms with E-state index < -0.39 is 32.5 Å². The maximum absolute atomic E-state index is 14.0. The molecule has 0 heterocycles. The number of benzene rings is 3. The van der Waals surface area contributed by atoms with Crippen molar-refractivity contribution in [2.45, 2.75) is 11.4 Å². The van der Waals surface area contributed by atoms with Gasteiger partial charge in [-0.3, -0.25) is 9.52 Å². The molecule has 0 aliphatic heterocycles. The summed E-state index contributed by atoms with van der Waals surface area (Å²) in [7, 11) is -4.66. The summed E-state index contributed by atoms with van der Waals surface area (Å²) >= 11 is 15.1. The Bertz CT molecular complexity index is 1250. The van der Waals surface area contributed by atoms with Crippen LogP contribution in [-0.4, -0.2) is 14.3 Å². The molecule has 0 fully saturated rings. The lowest BCUT2D eigenvalue weighted by Gasteiger charge is -2.14. The molecule has 31 heavy (non-hydrogen) atoms. The molecule has 3 aromatic carbocycles. The van der Waals surface area contributed by atoms with Crippen molar-refractivity contribution < 1.29 is 22.0 Å². The zero-order chi connectivity index (χ0) is 22.8. The number of nitrogens with one attached hydrogen (secondary N) is 2. The number of carbonyl (C=O) groups is 1. The highest BCUT2D eigenvalue weighted by Gasteiger charge is 2.26. The van der Waals surface area contributed by atoms with Crippen molar-refractivity contribution in [2.75, 3.05) is 4.72 Å². The van der Waals surface area contributed by atoms with Gasteiger partial charge in [0.1, 0.15) is 11.6 Å². The van der Waals surface area contributed by atoms with Crippen molar-refractivity contribution in [3.63, 3.8) is 0 Å². The van der Waals surface area contributed by atoms with Gasteiger partial charge >= 0.3 is 0 Å². The zero-order valence-electron chi connectivity index (χ0n) is 15.4. The fourth-order valence-electron chi connectivity index (χ4n) is 2.67. The third-order valence-electron chi connectivity index (χ3n) is 4.11. The maximum atomic E-state index is 14.0. The van der Waals surface area contributed by atoms with Crippen LogP contribution >= 0.6 is 39.1 Å². The second kappa shape index (κ2) is 9.52. The first-order valence-electron chi connectivity index (χ1n) is 8.57. The van der Waals surface area contributed by atoms with E-state index in [2.05, 4.69) is 26.0 Å². The van der Waals surface area contributed by atoms with Crippen molar-refractivity contribution in [3.05, 3.63) is 91.9 Å². The topological polar surface area (TPSA) is 75.3 Å². The molecule has 0 spiro atoms. The maximum Gasteiger partial charge on any atom is 0.267 e. The lowest BCUT2D eigenvalue weighted by atomic mass is 10.1.